The molecule has 0 aliphatic heterocycles. The number of benzene rings is 3. The van der Waals surface area contributed by atoms with E-state index in [1.165, 1.54) is 5.56 Å². The van der Waals surface area contributed by atoms with E-state index in [0.717, 1.165) is 26.6 Å². The van der Waals surface area contributed by atoms with Gasteiger partial charge < -0.3 is 10.6 Å². The number of carbonyl (C=O) groups excluding carboxylic acids is 1. The van der Waals surface area contributed by atoms with Crippen LogP contribution in [0.25, 0.3) is 5.69 Å². The molecule has 9 heteroatoms. The van der Waals surface area contributed by atoms with Crippen LogP contribution >= 0.6 is 39.3 Å². The first kappa shape index (κ1) is 24.3. The highest BCUT2D eigenvalue weighted by Gasteiger charge is 2.22. The first-order valence-electron chi connectivity index (χ1n) is 10.6. The first-order valence-corrected chi connectivity index (χ1v) is 12.8. The Labute approximate surface area is 216 Å². The highest BCUT2D eigenvalue weighted by molar-refractivity contribution is 9.10. The van der Waals surface area contributed by atoms with Crippen molar-refractivity contribution in [2.75, 3.05) is 5.32 Å². The highest BCUT2D eigenvalue weighted by atomic mass is 79.9. The lowest BCUT2D eigenvalue weighted by Gasteiger charge is -2.18. The first-order chi connectivity index (χ1) is 16.4. The lowest BCUT2D eigenvalue weighted by Crippen LogP contribution is -2.32. The molecular weight excluding hydrogens is 534 g/mol. The van der Waals surface area contributed by atoms with E-state index in [1.807, 2.05) is 79.1 Å². The van der Waals surface area contributed by atoms with Gasteiger partial charge in [0.05, 0.1) is 11.7 Å². The molecule has 0 bridgehead atoms. The van der Waals surface area contributed by atoms with Crippen molar-refractivity contribution < 1.29 is 4.79 Å². The number of hydrogen-bond donors (Lipinski definition) is 2. The summed E-state index contributed by atoms with van der Waals surface area (Å²) in [6.45, 7) is 3.90. The molecule has 34 heavy (non-hydrogen) atoms. The summed E-state index contributed by atoms with van der Waals surface area (Å²) in [4.78, 5) is 12.6. The van der Waals surface area contributed by atoms with Crippen LogP contribution in [0.15, 0.2) is 82.4 Å². The molecule has 0 fully saturated rings. The van der Waals surface area contributed by atoms with Crippen LogP contribution in [-0.2, 0) is 5.75 Å². The molecule has 0 saturated carbocycles. The number of halogens is 2. The number of hydrogen-bond acceptors (Lipinski definition) is 4. The van der Waals surface area contributed by atoms with Crippen molar-refractivity contribution in [3.8, 4) is 5.69 Å². The van der Waals surface area contributed by atoms with Crippen molar-refractivity contribution in [1.82, 2.24) is 20.1 Å². The van der Waals surface area contributed by atoms with Crippen LogP contribution in [0, 0.1) is 6.92 Å². The lowest BCUT2D eigenvalue weighted by atomic mass is 10.2. The Balaban J connectivity index is 1.60. The number of nitrogens with zero attached hydrogens (tertiary/aromatic N) is 3. The molecule has 0 radical (unpaired) electrons. The van der Waals surface area contributed by atoms with Crippen molar-refractivity contribution in [1.29, 1.82) is 0 Å². The Morgan fingerprint density at radius 1 is 1.09 bits per heavy atom. The molecule has 2 amide bonds. The van der Waals surface area contributed by atoms with Gasteiger partial charge in [0.25, 0.3) is 0 Å². The Morgan fingerprint density at radius 3 is 2.56 bits per heavy atom. The van der Waals surface area contributed by atoms with Crippen molar-refractivity contribution in [2.24, 2.45) is 0 Å². The summed E-state index contributed by atoms with van der Waals surface area (Å²) in [7, 11) is 0. The van der Waals surface area contributed by atoms with E-state index in [4.69, 9.17) is 11.6 Å². The molecule has 3 aromatic carbocycles. The zero-order chi connectivity index (χ0) is 24.1. The highest BCUT2D eigenvalue weighted by Crippen LogP contribution is 2.30. The maximum Gasteiger partial charge on any atom is 0.319 e. The number of thioether (sulfide) groups is 1. The zero-order valence-corrected chi connectivity index (χ0v) is 21.8. The van der Waals surface area contributed by atoms with Gasteiger partial charge in [0.2, 0.25) is 0 Å². The second kappa shape index (κ2) is 11.1. The molecular formula is C25H23BrClN5OS. The minimum Gasteiger partial charge on any atom is -0.328 e. The minimum absolute atomic E-state index is 0.328. The van der Waals surface area contributed by atoms with Crippen LogP contribution in [0.1, 0.15) is 29.9 Å². The number of anilines is 1. The number of rotatable bonds is 7. The largest absolute Gasteiger partial charge is 0.328 e. The van der Waals surface area contributed by atoms with Gasteiger partial charge in [-0.15, -0.1) is 10.2 Å². The number of urea groups is 1. The monoisotopic (exact) mass is 555 g/mol. The summed E-state index contributed by atoms with van der Waals surface area (Å²) in [5.74, 6) is 1.36. The van der Waals surface area contributed by atoms with Gasteiger partial charge in [0.1, 0.15) is 0 Å². The van der Waals surface area contributed by atoms with E-state index in [2.05, 4.69) is 48.9 Å². The van der Waals surface area contributed by atoms with Gasteiger partial charge in [0, 0.05) is 20.9 Å². The van der Waals surface area contributed by atoms with E-state index in [1.54, 1.807) is 11.8 Å². The molecule has 0 aliphatic rings. The van der Waals surface area contributed by atoms with Crippen LogP contribution in [0.5, 0.6) is 0 Å². The third-order valence-electron chi connectivity index (χ3n) is 5.12. The van der Waals surface area contributed by atoms with E-state index in [9.17, 15) is 4.79 Å². The maximum atomic E-state index is 12.6. The van der Waals surface area contributed by atoms with Crippen molar-refractivity contribution in [2.45, 2.75) is 30.8 Å². The number of nitrogens with one attached hydrogen (secondary N) is 2. The van der Waals surface area contributed by atoms with Crippen LogP contribution in [0.2, 0.25) is 5.02 Å². The lowest BCUT2D eigenvalue weighted by molar-refractivity contribution is 0.249. The second-order valence-corrected chi connectivity index (χ2v) is 10.0. The summed E-state index contributed by atoms with van der Waals surface area (Å²) in [5, 5.41) is 16.1. The quantitative estimate of drug-likeness (QED) is 0.237. The molecule has 1 atom stereocenters. The summed E-state index contributed by atoms with van der Waals surface area (Å²) in [6, 6.07) is 22.6. The zero-order valence-electron chi connectivity index (χ0n) is 18.6. The third-order valence-corrected chi connectivity index (χ3v) is 6.88. The van der Waals surface area contributed by atoms with Gasteiger partial charge in [-0.2, -0.15) is 0 Å². The molecule has 0 aliphatic carbocycles. The number of amides is 2. The smallest absolute Gasteiger partial charge is 0.319 e. The van der Waals surface area contributed by atoms with Gasteiger partial charge in [-0.1, -0.05) is 75.7 Å². The van der Waals surface area contributed by atoms with Crippen LogP contribution in [-0.4, -0.2) is 20.8 Å². The molecule has 1 aromatic heterocycles. The Kier molecular flexibility index (Phi) is 7.92. The van der Waals surface area contributed by atoms with E-state index in [-0.39, 0.29) is 6.03 Å². The molecule has 4 aromatic rings. The molecule has 1 unspecified atom stereocenters. The van der Waals surface area contributed by atoms with Crippen LogP contribution < -0.4 is 10.6 Å². The van der Waals surface area contributed by atoms with Gasteiger partial charge in [0.15, 0.2) is 11.0 Å². The summed E-state index contributed by atoms with van der Waals surface area (Å²) < 4.78 is 2.91. The molecule has 0 saturated heterocycles. The van der Waals surface area contributed by atoms with Crippen LogP contribution in [0.3, 0.4) is 0 Å². The van der Waals surface area contributed by atoms with E-state index in [0.29, 0.717) is 16.5 Å². The van der Waals surface area contributed by atoms with E-state index >= 15 is 0 Å². The maximum absolute atomic E-state index is 12.6. The number of carbonyl (C=O) groups is 1. The normalized spacial score (nSPS) is 11.8. The van der Waals surface area contributed by atoms with Crippen molar-refractivity contribution in [3.05, 3.63) is 99.2 Å². The SMILES string of the molecule is Cc1ccc(Cl)cc1-n1c(SCc2ccccc2)nnc1C(C)NC(=O)Nc1ccc(Br)cc1. The van der Waals surface area contributed by atoms with Crippen LogP contribution in [0.4, 0.5) is 10.5 Å². The number of aromatic nitrogens is 3. The van der Waals surface area contributed by atoms with Crippen molar-refractivity contribution in [3.63, 3.8) is 0 Å². The summed E-state index contributed by atoms with van der Waals surface area (Å²) >= 11 is 11.3. The Morgan fingerprint density at radius 2 is 1.82 bits per heavy atom. The second-order valence-electron chi connectivity index (χ2n) is 7.71. The minimum atomic E-state index is -0.410. The topological polar surface area (TPSA) is 71.8 Å². The molecule has 6 nitrogen and oxygen atoms in total. The molecule has 4 rings (SSSR count). The van der Waals surface area contributed by atoms with Gasteiger partial charge in [-0.05, 0) is 61.4 Å². The fourth-order valence-corrected chi connectivity index (χ4v) is 4.73. The van der Waals surface area contributed by atoms with Gasteiger partial charge >= 0.3 is 6.03 Å². The summed E-state index contributed by atoms with van der Waals surface area (Å²) in [5.41, 5.74) is 3.79. The molecule has 1 heterocycles. The van der Waals surface area contributed by atoms with E-state index < -0.39 is 6.04 Å². The Hall–Kier alpha value is -2.81. The standard InChI is InChI=1S/C25H23BrClN5OS/c1-16-8-11-20(27)14-22(16)32-23(30-31-25(32)34-15-18-6-4-3-5-7-18)17(2)28-24(33)29-21-12-9-19(26)10-13-21/h3-14,17H,15H2,1-2H3,(H2,28,29,33). The number of aryl methyl sites for hydroxylation is 1. The molecule has 0 spiro atoms. The van der Waals surface area contributed by atoms with Gasteiger partial charge in [-0.25, -0.2) is 4.79 Å². The molecule has 2 N–H and O–H groups in total. The average molecular weight is 557 g/mol. The predicted octanol–water partition coefficient (Wildman–Crippen LogP) is 7.17. The third kappa shape index (κ3) is 6.00. The van der Waals surface area contributed by atoms with Gasteiger partial charge in [-0.3, -0.25) is 4.57 Å². The van der Waals surface area contributed by atoms with Crippen molar-refractivity contribution >= 4 is 51.0 Å². The fourth-order valence-electron chi connectivity index (χ4n) is 3.39. The Bertz CT molecular complexity index is 1280. The summed E-state index contributed by atoms with van der Waals surface area (Å²) in [6.07, 6.45) is 0. The fraction of sp³-hybridized carbons (Fsp3) is 0.160. The predicted molar refractivity (Wildman–Crippen MR) is 142 cm³/mol. The molecule has 174 valence electrons. The average Bonchev–Trinajstić information content (AvgIpc) is 3.25.